The van der Waals surface area contributed by atoms with Crippen molar-refractivity contribution in [2.45, 2.75) is 19.3 Å². The molecular weight excluding hydrogens is 337 g/mol. The van der Waals surface area contributed by atoms with Gasteiger partial charge in [-0.3, -0.25) is 9.59 Å². The van der Waals surface area contributed by atoms with Crippen LogP contribution >= 0.6 is 24.0 Å². The molecule has 0 bridgehead atoms. The van der Waals surface area contributed by atoms with Gasteiger partial charge in [-0.2, -0.15) is 0 Å². The molecule has 7 heteroatoms. The largest absolute Gasteiger partial charge is 0.355 e. The first-order valence-corrected chi connectivity index (χ1v) is 7.98. The van der Waals surface area contributed by atoms with Crippen LogP contribution in [0.4, 0.5) is 0 Å². The highest BCUT2D eigenvalue weighted by Gasteiger charge is 2.28. The van der Waals surface area contributed by atoms with Gasteiger partial charge in [0.05, 0.1) is 12.3 Å². The maximum Gasteiger partial charge on any atom is 0.227 e. The van der Waals surface area contributed by atoms with Crippen molar-refractivity contribution < 1.29 is 9.59 Å². The third-order valence-electron chi connectivity index (χ3n) is 3.89. The number of hydrogen-bond donors (Lipinski definition) is 2. The van der Waals surface area contributed by atoms with Gasteiger partial charge >= 0.3 is 0 Å². The lowest BCUT2D eigenvalue weighted by atomic mass is 9.96. The molecular formula is C16H23Cl2N3O2. The molecule has 0 radical (unpaired) electrons. The molecule has 0 aliphatic carbocycles. The fourth-order valence-corrected chi connectivity index (χ4v) is 2.88. The molecule has 1 aromatic carbocycles. The van der Waals surface area contributed by atoms with Crippen LogP contribution in [0.1, 0.15) is 18.4 Å². The van der Waals surface area contributed by atoms with E-state index in [0.29, 0.717) is 31.2 Å². The Morgan fingerprint density at radius 3 is 2.78 bits per heavy atom. The maximum absolute atomic E-state index is 12.4. The molecule has 0 spiro atoms. The van der Waals surface area contributed by atoms with Crippen molar-refractivity contribution in [3.8, 4) is 0 Å². The lowest BCUT2D eigenvalue weighted by Crippen LogP contribution is -2.46. The van der Waals surface area contributed by atoms with Gasteiger partial charge in [0.1, 0.15) is 0 Å². The van der Waals surface area contributed by atoms with Crippen LogP contribution in [0.2, 0.25) is 5.02 Å². The number of carbonyl (C=O) groups is 2. The van der Waals surface area contributed by atoms with Crippen molar-refractivity contribution in [3.63, 3.8) is 0 Å². The number of nitrogens with one attached hydrogen (secondary N) is 1. The molecule has 1 unspecified atom stereocenters. The molecule has 1 atom stereocenters. The Hall–Kier alpha value is -1.30. The van der Waals surface area contributed by atoms with Gasteiger partial charge in [-0.05, 0) is 24.5 Å². The molecule has 23 heavy (non-hydrogen) atoms. The Balaban J connectivity index is 0.00000264. The van der Waals surface area contributed by atoms with Gasteiger partial charge in [0.2, 0.25) is 11.8 Å². The Bertz CT molecular complexity index is 540. The van der Waals surface area contributed by atoms with Gasteiger partial charge in [-0.1, -0.05) is 29.8 Å². The van der Waals surface area contributed by atoms with E-state index in [9.17, 15) is 9.59 Å². The van der Waals surface area contributed by atoms with Gasteiger partial charge in [0.25, 0.3) is 0 Å². The summed E-state index contributed by atoms with van der Waals surface area (Å²) < 4.78 is 0. The van der Waals surface area contributed by atoms with Gasteiger partial charge in [-0.15, -0.1) is 12.4 Å². The van der Waals surface area contributed by atoms with Crippen molar-refractivity contribution in [1.29, 1.82) is 0 Å². The minimum Gasteiger partial charge on any atom is -0.355 e. The number of halogens is 2. The first-order valence-electron chi connectivity index (χ1n) is 7.60. The van der Waals surface area contributed by atoms with Crippen molar-refractivity contribution >= 4 is 35.8 Å². The summed E-state index contributed by atoms with van der Waals surface area (Å²) in [6.45, 7) is 2.07. The quantitative estimate of drug-likeness (QED) is 0.838. The van der Waals surface area contributed by atoms with E-state index in [-0.39, 0.29) is 36.6 Å². The van der Waals surface area contributed by atoms with Crippen molar-refractivity contribution in [3.05, 3.63) is 34.9 Å². The molecule has 2 rings (SSSR count). The topological polar surface area (TPSA) is 75.4 Å². The van der Waals surface area contributed by atoms with Crippen molar-refractivity contribution in [2.24, 2.45) is 11.7 Å². The summed E-state index contributed by atoms with van der Waals surface area (Å²) >= 11 is 6.10. The monoisotopic (exact) mass is 359 g/mol. The average molecular weight is 360 g/mol. The summed E-state index contributed by atoms with van der Waals surface area (Å²) in [6.07, 6.45) is 1.93. The molecule has 1 aliphatic heterocycles. The standard InChI is InChI=1S/C16H22ClN3O2.ClH/c17-14-6-2-1-4-12(14)10-15(21)20-9-3-5-13(11-20)16(22)19-8-7-18;/h1-2,4,6,13H,3,5,7-11,18H2,(H,19,22);1H. The van der Waals surface area contributed by atoms with Crippen LogP contribution in [0.5, 0.6) is 0 Å². The molecule has 2 amide bonds. The summed E-state index contributed by atoms with van der Waals surface area (Å²) in [5.74, 6) is -0.138. The number of amides is 2. The molecule has 0 saturated carbocycles. The summed E-state index contributed by atoms with van der Waals surface area (Å²) in [7, 11) is 0. The van der Waals surface area contributed by atoms with Crippen molar-refractivity contribution in [1.82, 2.24) is 10.2 Å². The number of carbonyl (C=O) groups excluding carboxylic acids is 2. The molecule has 1 heterocycles. The summed E-state index contributed by atoms with van der Waals surface area (Å²) in [5, 5.41) is 3.40. The Morgan fingerprint density at radius 1 is 1.35 bits per heavy atom. The van der Waals surface area contributed by atoms with Crippen LogP contribution in [-0.2, 0) is 16.0 Å². The fourth-order valence-electron chi connectivity index (χ4n) is 2.67. The molecule has 1 aromatic rings. The van der Waals surface area contributed by atoms with Crippen molar-refractivity contribution in [2.75, 3.05) is 26.2 Å². The summed E-state index contributed by atoms with van der Waals surface area (Å²) in [5.41, 5.74) is 6.21. The lowest BCUT2D eigenvalue weighted by Gasteiger charge is -2.32. The number of rotatable bonds is 5. The minimum atomic E-state index is -0.143. The van der Waals surface area contributed by atoms with E-state index in [0.717, 1.165) is 18.4 Å². The zero-order valence-corrected chi connectivity index (χ0v) is 14.5. The second kappa shape index (κ2) is 9.75. The number of nitrogens with two attached hydrogens (primary N) is 1. The fraction of sp³-hybridized carbons (Fsp3) is 0.500. The first kappa shape index (κ1) is 19.7. The second-order valence-electron chi connectivity index (χ2n) is 5.53. The van der Waals surface area contributed by atoms with E-state index >= 15 is 0 Å². The van der Waals surface area contributed by atoms with Crippen LogP contribution in [0.15, 0.2) is 24.3 Å². The normalized spacial score (nSPS) is 17.3. The van der Waals surface area contributed by atoms with Gasteiger partial charge in [0, 0.05) is 31.2 Å². The Labute approximate surface area is 148 Å². The predicted molar refractivity (Wildman–Crippen MR) is 93.8 cm³/mol. The summed E-state index contributed by atoms with van der Waals surface area (Å²) in [6, 6.07) is 7.35. The Morgan fingerprint density at radius 2 is 2.09 bits per heavy atom. The van der Waals surface area contributed by atoms with Crippen LogP contribution in [0.3, 0.4) is 0 Å². The van der Waals surface area contributed by atoms with Crippen LogP contribution in [0.25, 0.3) is 0 Å². The SMILES string of the molecule is Cl.NCCNC(=O)C1CCCN(C(=O)Cc2ccccc2Cl)C1. The molecule has 1 aliphatic rings. The minimum absolute atomic E-state index is 0. The lowest BCUT2D eigenvalue weighted by molar-refractivity contribution is -0.135. The highest BCUT2D eigenvalue weighted by Crippen LogP contribution is 2.20. The van der Waals surface area contributed by atoms with E-state index in [2.05, 4.69) is 5.32 Å². The first-order chi connectivity index (χ1) is 10.6. The molecule has 1 fully saturated rings. The van der Waals surface area contributed by atoms with E-state index in [1.165, 1.54) is 0 Å². The molecule has 128 valence electrons. The van der Waals surface area contributed by atoms with Gasteiger partial charge in [-0.25, -0.2) is 0 Å². The molecule has 3 N–H and O–H groups in total. The Kier molecular flexibility index (Phi) is 8.37. The van der Waals surface area contributed by atoms with Crippen LogP contribution in [0, 0.1) is 5.92 Å². The smallest absolute Gasteiger partial charge is 0.227 e. The van der Waals surface area contributed by atoms with E-state index in [1.54, 1.807) is 11.0 Å². The van der Waals surface area contributed by atoms with E-state index in [4.69, 9.17) is 17.3 Å². The highest BCUT2D eigenvalue weighted by molar-refractivity contribution is 6.31. The predicted octanol–water partition coefficient (Wildman–Crippen LogP) is 1.62. The third kappa shape index (κ3) is 5.68. The highest BCUT2D eigenvalue weighted by atomic mass is 35.5. The van der Waals surface area contributed by atoms with E-state index in [1.807, 2.05) is 18.2 Å². The maximum atomic E-state index is 12.4. The number of hydrogen-bond acceptors (Lipinski definition) is 3. The van der Waals surface area contributed by atoms with Gasteiger partial charge < -0.3 is 16.0 Å². The molecule has 5 nitrogen and oxygen atoms in total. The molecule has 0 aromatic heterocycles. The van der Waals surface area contributed by atoms with Crippen LogP contribution in [-0.4, -0.2) is 42.9 Å². The van der Waals surface area contributed by atoms with E-state index < -0.39 is 0 Å². The van der Waals surface area contributed by atoms with Crippen LogP contribution < -0.4 is 11.1 Å². The number of nitrogens with zero attached hydrogens (tertiary/aromatic N) is 1. The number of benzene rings is 1. The third-order valence-corrected chi connectivity index (χ3v) is 4.26. The van der Waals surface area contributed by atoms with Gasteiger partial charge in [0.15, 0.2) is 0 Å². The summed E-state index contributed by atoms with van der Waals surface area (Å²) in [4.78, 5) is 26.2. The average Bonchev–Trinajstić information content (AvgIpc) is 2.54. The number of piperidine rings is 1. The zero-order valence-electron chi connectivity index (χ0n) is 13.0. The zero-order chi connectivity index (χ0) is 15.9. The second-order valence-corrected chi connectivity index (χ2v) is 5.93. The number of likely N-dealkylation sites (tertiary alicyclic amines) is 1. The molecule has 1 saturated heterocycles.